The molecule has 0 aliphatic rings. The lowest BCUT2D eigenvalue weighted by Gasteiger charge is -2.30. The average molecular weight is 286 g/mol. The zero-order valence-corrected chi connectivity index (χ0v) is 12.9. The van der Waals surface area contributed by atoms with Gasteiger partial charge in [-0.3, -0.25) is 0 Å². The standard InChI is InChI=1S/C18H23FN2/c1-13-8-9-18(15(12-13)10-11-20)21(3)14(2)16-6-4-5-7-17(16)19/h4-9,12,14H,10-11,20H2,1-3H3. The van der Waals surface area contributed by atoms with Crippen molar-refractivity contribution in [2.24, 2.45) is 5.73 Å². The monoisotopic (exact) mass is 286 g/mol. The molecule has 0 heterocycles. The van der Waals surface area contributed by atoms with Crippen LogP contribution in [0.2, 0.25) is 0 Å². The van der Waals surface area contributed by atoms with E-state index >= 15 is 0 Å². The van der Waals surface area contributed by atoms with Gasteiger partial charge in [-0.05, 0) is 44.5 Å². The van der Waals surface area contributed by atoms with Gasteiger partial charge in [0.05, 0.1) is 6.04 Å². The Kier molecular flexibility index (Phi) is 4.97. The van der Waals surface area contributed by atoms with Crippen LogP contribution in [0.15, 0.2) is 42.5 Å². The lowest BCUT2D eigenvalue weighted by atomic mass is 10.0. The Bertz CT molecular complexity index is 610. The molecule has 2 aromatic rings. The van der Waals surface area contributed by atoms with E-state index in [1.165, 1.54) is 17.2 Å². The van der Waals surface area contributed by atoms with Crippen molar-refractivity contribution in [3.05, 3.63) is 65.0 Å². The molecular weight excluding hydrogens is 263 g/mol. The molecule has 0 radical (unpaired) electrons. The second-order valence-electron chi connectivity index (χ2n) is 5.48. The second-order valence-corrected chi connectivity index (χ2v) is 5.48. The Balaban J connectivity index is 2.35. The van der Waals surface area contributed by atoms with Gasteiger partial charge in [0.2, 0.25) is 0 Å². The van der Waals surface area contributed by atoms with Crippen molar-refractivity contribution in [3.8, 4) is 0 Å². The van der Waals surface area contributed by atoms with Crippen molar-refractivity contribution >= 4 is 5.69 Å². The number of halogens is 1. The number of nitrogens with zero attached hydrogens (tertiary/aromatic N) is 1. The second kappa shape index (κ2) is 6.72. The quantitative estimate of drug-likeness (QED) is 0.905. The van der Waals surface area contributed by atoms with Crippen LogP contribution in [0.1, 0.15) is 29.7 Å². The Hall–Kier alpha value is -1.87. The summed E-state index contributed by atoms with van der Waals surface area (Å²) >= 11 is 0. The maximum atomic E-state index is 14.0. The first-order valence-electron chi connectivity index (χ1n) is 7.31. The van der Waals surface area contributed by atoms with Gasteiger partial charge in [-0.1, -0.05) is 35.9 Å². The predicted molar refractivity (Wildman–Crippen MR) is 87.2 cm³/mol. The minimum Gasteiger partial charge on any atom is -0.367 e. The van der Waals surface area contributed by atoms with Crippen molar-refractivity contribution in [3.63, 3.8) is 0 Å². The van der Waals surface area contributed by atoms with Crippen LogP contribution < -0.4 is 10.6 Å². The predicted octanol–water partition coefficient (Wildman–Crippen LogP) is 3.83. The number of benzene rings is 2. The molecule has 21 heavy (non-hydrogen) atoms. The van der Waals surface area contributed by atoms with Crippen LogP contribution in [0, 0.1) is 12.7 Å². The number of rotatable bonds is 5. The van der Waals surface area contributed by atoms with Crippen LogP contribution in [-0.4, -0.2) is 13.6 Å². The van der Waals surface area contributed by atoms with Gasteiger partial charge in [-0.15, -0.1) is 0 Å². The molecule has 2 aromatic carbocycles. The largest absolute Gasteiger partial charge is 0.367 e. The van der Waals surface area contributed by atoms with Gasteiger partial charge in [0.1, 0.15) is 5.82 Å². The number of anilines is 1. The lowest BCUT2D eigenvalue weighted by molar-refractivity contribution is 0.585. The average Bonchev–Trinajstić information content (AvgIpc) is 2.47. The smallest absolute Gasteiger partial charge is 0.128 e. The molecule has 2 rings (SSSR count). The summed E-state index contributed by atoms with van der Waals surface area (Å²) in [6, 6.07) is 13.2. The summed E-state index contributed by atoms with van der Waals surface area (Å²) in [6.45, 7) is 4.70. The maximum absolute atomic E-state index is 14.0. The molecule has 2 nitrogen and oxygen atoms in total. The normalized spacial score (nSPS) is 12.2. The van der Waals surface area contributed by atoms with Gasteiger partial charge in [0.25, 0.3) is 0 Å². The Labute approximate surface area is 126 Å². The van der Waals surface area contributed by atoms with E-state index in [9.17, 15) is 4.39 Å². The van der Waals surface area contributed by atoms with Gasteiger partial charge in [0.15, 0.2) is 0 Å². The maximum Gasteiger partial charge on any atom is 0.128 e. The summed E-state index contributed by atoms with van der Waals surface area (Å²) in [6.07, 6.45) is 0.825. The third-order valence-electron chi connectivity index (χ3n) is 3.96. The molecule has 1 atom stereocenters. The molecule has 112 valence electrons. The van der Waals surface area contributed by atoms with Gasteiger partial charge in [0, 0.05) is 18.3 Å². The molecule has 0 saturated heterocycles. The summed E-state index contributed by atoms with van der Waals surface area (Å²) in [7, 11) is 2.00. The highest BCUT2D eigenvalue weighted by Gasteiger charge is 2.17. The molecule has 0 amide bonds. The van der Waals surface area contributed by atoms with E-state index in [0.29, 0.717) is 12.1 Å². The van der Waals surface area contributed by atoms with E-state index < -0.39 is 0 Å². The minimum absolute atomic E-state index is 0.0366. The summed E-state index contributed by atoms with van der Waals surface area (Å²) in [5.41, 5.74) is 9.96. The molecule has 1 unspecified atom stereocenters. The van der Waals surface area contributed by atoms with Crippen molar-refractivity contribution in [1.29, 1.82) is 0 Å². The van der Waals surface area contributed by atoms with E-state index in [1.54, 1.807) is 6.07 Å². The SMILES string of the molecule is Cc1ccc(N(C)C(C)c2ccccc2F)c(CCN)c1. The van der Waals surface area contributed by atoms with Crippen molar-refractivity contribution in [2.45, 2.75) is 26.3 Å². The van der Waals surface area contributed by atoms with Gasteiger partial charge in [-0.2, -0.15) is 0 Å². The molecule has 0 aliphatic heterocycles. The number of hydrogen-bond donors (Lipinski definition) is 1. The van der Waals surface area contributed by atoms with E-state index in [2.05, 4.69) is 30.0 Å². The topological polar surface area (TPSA) is 29.3 Å². The fraction of sp³-hybridized carbons (Fsp3) is 0.333. The van der Waals surface area contributed by atoms with Gasteiger partial charge >= 0.3 is 0 Å². The van der Waals surface area contributed by atoms with Crippen molar-refractivity contribution in [1.82, 2.24) is 0 Å². The number of hydrogen-bond acceptors (Lipinski definition) is 2. The fourth-order valence-corrected chi connectivity index (χ4v) is 2.65. The molecule has 0 spiro atoms. The summed E-state index contributed by atoms with van der Waals surface area (Å²) in [5, 5.41) is 0. The van der Waals surface area contributed by atoms with Crippen molar-refractivity contribution < 1.29 is 4.39 Å². The van der Waals surface area contributed by atoms with E-state index in [0.717, 1.165) is 12.1 Å². The lowest BCUT2D eigenvalue weighted by Crippen LogP contribution is -2.24. The number of aryl methyl sites for hydroxylation is 1. The third kappa shape index (κ3) is 3.42. The molecule has 0 bridgehead atoms. The molecule has 2 N–H and O–H groups in total. The summed E-state index contributed by atoms with van der Waals surface area (Å²) < 4.78 is 14.0. The van der Waals surface area contributed by atoms with Crippen LogP contribution in [0.3, 0.4) is 0 Å². The van der Waals surface area contributed by atoms with Gasteiger partial charge < -0.3 is 10.6 Å². The van der Waals surface area contributed by atoms with Crippen LogP contribution in [0.25, 0.3) is 0 Å². The molecule has 0 aromatic heterocycles. The molecule has 0 fully saturated rings. The van der Waals surface area contributed by atoms with Crippen LogP contribution in [0.4, 0.5) is 10.1 Å². The van der Waals surface area contributed by atoms with Crippen LogP contribution in [-0.2, 0) is 6.42 Å². The summed E-state index contributed by atoms with van der Waals surface area (Å²) in [5.74, 6) is -0.163. The first kappa shape index (κ1) is 15.5. The Morgan fingerprint density at radius 3 is 2.57 bits per heavy atom. The summed E-state index contributed by atoms with van der Waals surface area (Å²) in [4.78, 5) is 2.11. The van der Waals surface area contributed by atoms with Crippen molar-refractivity contribution in [2.75, 3.05) is 18.5 Å². The Morgan fingerprint density at radius 1 is 1.19 bits per heavy atom. The van der Waals surface area contributed by atoms with E-state index in [1.807, 2.05) is 26.1 Å². The van der Waals surface area contributed by atoms with Gasteiger partial charge in [-0.25, -0.2) is 4.39 Å². The first-order chi connectivity index (χ1) is 10.0. The number of nitrogens with two attached hydrogens (primary N) is 1. The highest BCUT2D eigenvalue weighted by atomic mass is 19.1. The highest BCUT2D eigenvalue weighted by Crippen LogP contribution is 2.30. The van der Waals surface area contributed by atoms with Crippen LogP contribution in [0.5, 0.6) is 0 Å². The molecule has 3 heteroatoms. The minimum atomic E-state index is -0.163. The third-order valence-corrected chi connectivity index (χ3v) is 3.96. The first-order valence-corrected chi connectivity index (χ1v) is 7.31. The zero-order chi connectivity index (χ0) is 15.4. The molecular formula is C18H23FN2. The molecule has 0 aliphatic carbocycles. The zero-order valence-electron chi connectivity index (χ0n) is 12.9. The highest BCUT2D eigenvalue weighted by molar-refractivity contribution is 5.56. The fourth-order valence-electron chi connectivity index (χ4n) is 2.65. The molecule has 0 saturated carbocycles. The van der Waals surface area contributed by atoms with E-state index in [-0.39, 0.29) is 11.9 Å². The van der Waals surface area contributed by atoms with E-state index in [4.69, 9.17) is 5.73 Å². The Morgan fingerprint density at radius 2 is 1.90 bits per heavy atom. The van der Waals surface area contributed by atoms with Crippen LogP contribution >= 0.6 is 0 Å².